The number of nitrogens with zero attached hydrogens (tertiary/aromatic N) is 1. The van der Waals surface area contributed by atoms with Crippen LogP contribution in [-0.4, -0.2) is 42.5 Å². The van der Waals surface area contributed by atoms with Crippen LogP contribution in [0.4, 0.5) is 5.69 Å². The highest BCUT2D eigenvalue weighted by Gasteiger charge is 2.24. The maximum atomic E-state index is 12.4. The van der Waals surface area contributed by atoms with Crippen LogP contribution in [0.5, 0.6) is 5.75 Å². The van der Waals surface area contributed by atoms with Gasteiger partial charge in [-0.3, -0.25) is 9.69 Å². The van der Waals surface area contributed by atoms with Gasteiger partial charge in [0.1, 0.15) is 5.75 Å². The Morgan fingerprint density at radius 2 is 2.04 bits per heavy atom. The third kappa shape index (κ3) is 4.01. The number of rotatable bonds is 5. The molecular formula is C22H24ClN3O2. The number of carbonyl (C=O) groups is 1. The number of ether oxygens (including phenoxy) is 1. The number of benzene rings is 2. The lowest BCUT2D eigenvalue weighted by molar-refractivity contribution is -0.117. The number of likely N-dealkylation sites (tertiary alicyclic amines) is 1. The molecule has 146 valence electrons. The van der Waals surface area contributed by atoms with Crippen molar-refractivity contribution in [2.45, 2.75) is 18.8 Å². The van der Waals surface area contributed by atoms with Crippen molar-refractivity contribution in [3.05, 3.63) is 59.2 Å². The minimum absolute atomic E-state index is 0.0215. The number of amides is 1. The summed E-state index contributed by atoms with van der Waals surface area (Å²) in [5.41, 5.74) is 3.27. The molecule has 1 aliphatic rings. The first-order valence-corrected chi connectivity index (χ1v) is 9.93. The molecule has 3 aromatic rings. The van der Waals surface area contributed by atoms with E-state index < -0.39 is 0 Å². The molecule has 6 heteroatoms. The lowest BCUT2D eigenvalue weighted by Gasteiger charge is -2.31. The molecule has 0 spiro atoms. The van der Waals surface area contributed by atoms with Crippen molar-refractivity contribution in [3.8, 4) is 5.75 Å². The van der Waals surface area contributed by atoms with E-state index in [9.17, 15) is 4.79 Å². The van der Waals surface area contributed by atoms with Gasteiger partial charge in [-0.2, -0.15) is 0 Å². The summed E-state index contributed by atoms with van der Waals surface area (Å²) in [6.45, 7) is 2.23. The summed E-state index contributed by atoms with van der Waals surface area (Å²) < 4.78 is 5.14. The van der Waals surface area contributed by atoms with Gasteiger partial charge in [0, 0.05) is 22.8 Å². The number of para-hydroxylation sites is 1. The smallest absolute Gasteiger partial charge is 0.238 e. The summed E-state index contributed by atoms with van der Waals surface area (Å²) in [6.07, 6.45) is 4.26. The Labute approximate surface area is 169 Å². The predicted molar refractivity (Wildman–Crippen MR) is 113 cm³/mol. The average Bonchev–Trinajstić information content (AvgIpc) is 3.13. The SMILES string of the molecule is COc1ccc(NC(=O)CN2CCC(c3c[nH]c4ccccc34)CC2)cc1Cl. The van der Waals surface area contributed by atoms with Crippen LogP contribution in [0, 0.1) is 0 Å². The van der Waals surface area contributed by atoms with Gasteiger partial charge in [-0.05, 0) is 61.7 Å². The molecule has 5 nitrogen and oxygen atoms in total. The highest BCUT2D eigenvalue weighted by Crippen LogP contribution is 2.33. The maximum Gasteiger partial charge on any atom is 0.238 e. The van der Waals surface area contributed by atoms with Crippen LogP contribution >= 0.6 is 11.6 Å². The molecule has 0 unspecified atom stereocenters. The molecule has 2 N–H and O–H groups in total. The highest BCUT2D eigenvalue weighted by molar-refractivity contribution is 6.32. The molecule has 1 amide bonds. The number of hydrogen-bond donors (Lipinski definition) is 2. The molecule has 0 bridgehead atoms. The number of aromatic amines is 1. The van der Waals surface area contributed by atoms with Crippen molar-refractivity contribution in [2.24, 2.45) is 0 Å². The summed E-state index contributed by atoms with van der Waals surface area (Å²) in [4.78, 5) is 18.0. The van der Waals surface area contributed by atoms with Crippen molar-refractivity contribution in [3.63, 3.8) is 0 Å². The van der Waals surface area contributed by atoms with Gasteiger partial charge in [-0.1, -0.05) is 29.8 Å². The van der Waals surface area contributed by atoms with E-state index in [1.807, 2.05) is 0 Å². The molecule has 0 atom stereocenters. The molecule has 0 radical (unpaired) electrons. The Bertz CT molecular complexity index is 977. The van der Waals surface area contributed by atoms with Crippen molar-refractivity contribution in [1.29, 1.82) is 0 Å². The van der Waals surface area contributed by atoms with Crippen LogP contribution in [0.25, 0.3) is 10.9 Å². The summed E-state index contributed by atoms with van der Waals surface area (Å²) >= 11 is 6.12. The Morgan fingerprint density at radius 3 is 2.79 bits per heavy atom. The van der Waals surface area contributed by atoms with Crippen molar-refractivity contribution in [1.82, 2.24) is 9.88 Å². The molecule has 1 saturated heterocycles. The van der Waals surface area contributed by atoms with E-state index in [1.54, 1.807) is 25.3 Å². The predicted octanol–water partition coefficient (Wildman–Crippen LogP) is 4.65. The highest BCUT2D eigenvalue weighted by atomic mass is 35.5. The largest absolute Gasteiger partial charge is 0.495 e. The Hall–Kier alpha value is -2.50. The van der Waals surface area contributed by atoms with E-state index in [0.717, 1.165) is 25.9 Å². The fourth-order valence-corrected chi connectivity index (χ4v) is 4.24. The first-order valence-electron chi connectivity index (χ1n) is 9.56. The van der Waals surface area contributed by atoms with Gasteiger partial charge in [-0.15, -0.1) is 0 Å². The Morgan fingerprint density at radius 1 is 1.25 bits per heavy atom. The van der Waals surface area contributed by atoms with Crippen LogP contribution in [-0.2, 0) is 4.79 Å². The topological polar surface area (TPSA) is 57.4 Å². The van der Waals surface area contributed by atoms with E-state index in [1.165, 1.54) is 16.5 Å². The molecule has 2 aromatic carbocycles. The molecule has 1 aliphatic heterocycles. The molecule has 0 aliphatic carbocycles. The zero-order valence-electron chi connectivity index (χ0n) is 15.9. The summed E-state index contributed by atoms with van der Waals surface area (Å²) in [5.74, 6) is 1.11. The minimum Gasteiger partial charge on any atom is -0.495 e. The Kier molecular flexibility index (Phi) is 5.55. The van der Waals surface area contributed by atoms with Crippen LogP contribution in [0.1, 0.15) is 24.3 Å². The van der Waals surface area contributed by atoms with E-state index in [2.05, 4.69) is 45.7 Å². The number of methoxy groups -OCH3 is 1. The molecule has 1 aromatic heterocycles. The van der Waals surface area contributed by atoms with Crippen LogP contribution in [0.15, 0.2) is 48.7 Å². The van der Waals surface area contributed by atoms with Crippen LogP contribution < -0.4 is 10.1 Å². The first kappa shape index (κ1) is 18.8. The minimum atomic E-state index is -0.0215. The van der Waals surface area contributed by atoms with Crippen LogP contribution in [0.3, 0.4) is 0 Å². The fourth-order valence-electron chi connectivity index (χ4n) is 3.98. The normalized spacial score (nSPS) is 15.6. The monoisotopic (exact) mass is 397 g/mol. The summed E-state index contributed by atoms with van der Waals surface area (Å²) in [5, 5.41) is 4.72. The average molecular weight is 398 g/mol. The second-order valence-electron chi connectivity index (χ2n) is 7.24. The summed E-state index contributed by atoms with van der Waals surface area (Å²) in [7, 11) is 1.57. The van der Waals surface area contributed by atoms with Gasteiger partial charge in [0.25, 0.3) is 0 Å². The first-order chi connectivity index (χ1) is 13.6. The van der Waals surface area contributed by atoms with Gasteiger partial charge >= 0.3 is 0 Å². The molecule has 0 saturated carbocycles. The van der Waals surface area contributed by atoms with E-state index >= 15 is 0 Å². The quantitative estimate of drug-likeness (QED) is 0.659. The third-order valence-electron chi connectivity index (χ3n) is 5.45. The number of aromatic nitrogens is 1. The zero-order valence-corrected chi connectivity index (χ0v) is 16.6. The lowest BCUT2D eigenvalue weighted by atomic mass is 9.89. The molecule has 28 heavy (non-hydrogen) atoms. The second-order valence-corrected chi connectivity index (χ2v) is 7.64. The molecular weight excluding hydrogens is 374 g/mol. The van der Waals surface area contributed by atoms with Gasteiger partial charge in [0.2, 0.25) is 5.91 Å². The zero-order chi connectivity index (χ0) is 19.5. The number of hydrogen-bond acceptors (Lipinski definition) is 3. The summed E-state index contributed by atoms with van der Waals surface area (Å²) in [6, 6.07) is 13.7. The van der Waals surface area contributed by atoms with E-state index in [0.29, 0.717) is 28.9 Å². The van der Waals surface area contributed by atoms with E-state index in [4.69, 9.17) is 16.3 Å². The number of piperidine rings is 1. The van der Waals surface area contributed by atoms with Crippen molar-refractivity contribution >= 4 is 34.1 Å². The third-order valence-corrected chi connectivity index (χ3v) is 5.75. The molecule has 4 rings (SSSR count). The number of H-pyrrole nitrogens is 1. The van der Waals surface area contributed by atoms with Crippen LogP contribution in [0.2, 0.25) is 5.02 Å². The van der Waals surface area contributed by atoms with Gasteiger partial charge < -0.3 is 15.0 Å². The molecule has 1 fully saturated rings. The lowest BCUT2D eigenvalue weighted by Crippen LogP contribution is -2.38. The van der Waals surface area contributed by atoms with E-state index in [-0.39, 0.29) is 5.91 Å². The fraction of sp³-hybridized carbons (Fsp3) is 0.318. The maximum absolute atomic E-state index is 12.4. The standard InChI is InChI=1S/C22H24ClN3O2/c1-28-21-7-6-16(12-19(21)23)25-22(27)14-26-10-8-15(9-11-26)18-13-24-20-5-3-2-4-17(18)20/h2-7,12-13,15,24H,8-11,14H2,1H3,(H,25,27). The Balaban J connectivity index is 1.31. The number of halogens is 1. The number of anilines is 1. The number of fused-ring (bicyclic) bond motifs is 1. The van der Waals surface area contributed by atoms with Gasteiger partial charge in [0.05, 0.1) is 18.7 Å². The second kappa shape index (κ2) is 8.25. The molecule has 2 heterocycles. The van der Waals surface area contributed by atoms with Crippen molar-refractivity contribution < 1.29 is 9.53 Å². The number of nitrogens with one attached hydrogen (secondary N) is 2. The number of carbonyl (C=O) groups excluding carboxylic acids is 1. The van der Waals surface area contributed by atoms with Gasteiger partial charge in [0.15, 0.2) is 0 Å². The van der Waals surface area contributed by atoms with Crippen molar-refractivity contribution in [2.75, 3.05) is 32.1 Å². The van der Waals surface area contributed by atoms with Gasteiger partial charge in [-0.25, -0.2) is 0 Å².